The number of carbonyl (C=O) groups is 1. The molecule has 0 atom stereocenters. The molecule has 2 aromatic rings. The Balaban J connectivity index is 1.56. The molecule has 4 nitrogen and oxygen atoms in total. The smallest absolute Gasteiger partial charge is 0.253 e. The topological polar surface area (TPSA) is 38.8 Å². The number of amides is 1. The average molecular weight is 346 g/mol. The molecule has 24 heavy (non-hydrogen) atoms. The maximum Gasteiger partial charge on any atom is 0.253 e. The number of hydrogen-bond acceptors (Lipinski definition) is 3. The van der Waals surface area contributed by atoms with Crippen LogP contribution in [0.5, 0.6) is 11.5 Å². The fraction of sp³-hybridized carbons (Fsp3) is 0.316. The van der Waals surface area contributed by atoms with Gasteiger partial charge in [-0.15, -0.1) is 0 Å². The Labute approximate surface area is 146 Å². The third kappa shape index (κ3) is 4.01. The molecular formula is C19H20ClNO3. The second kappa shape index (κ2) is 7.58. The molecule has 1 heterocycles. The standard InChI is InChI=1S/C19H20ClNO3/c1-23-18-4-2-3-14(13-18)19(22)21-11-9-17(10-12-21)24-16-7-5-15(20)6-8-16/h2-8,13,17H,9-12H2,1H3. The predicted octanol–water partition coefficient (Wildman–Crippen LogP) is 4.03. The molecule has 1 amide bonds. The lowest BCUT2D eigenvalue weighted by molar-refractivity contribution is 0.0595. The lowest BCUT2D eigenvalue weighted by Gasteiger charge is -2.32. The molecule has 0 bridgehead atoms. The molecule has 2 aromatic carbocycles. The van der Waals surface area contributed by atoms with E-state index in [9.17, 15) is 4.79 Å². The fourth-order valence-corrected chi connectivity index (χ4v) is 2.95. The summed E-state index contributed by atoms with van der Waals surface area (Å²) < 4.78 is 11.1. The number of halogens is 1. The van der Waals surface area contributed by atoms with Crippen LogP contribution in [-0.2, 0) is 0 Å². The van der Waals surface area contributed by atoms with Gasteiger partial charge in [0.05, 0.1) is 7.11 Å². The van der Waals surface area contributed by atoms with Gasteiger partial charge in [-0.2, -0.15) is 0 Å². The van der Waals surface area contributed by atoms with Crippen LogP contribution in [0, 0.1) is 0 Å². The maximum atomic E-state index is 12.6. The first-order valence-corrected chi connectivity index (χ1v) is 8.39. The molecule has 0 N–H and O–H groups in total. The Morgan fingerprint density at radius 3 is 2.46 bits per heavy atom. The first-order chi connectivity index (χ1) is 11.7. The molecule has 0 unspecified atom stereocenters. The van der Waals surface area contributed by atoms with E-state index in [1.807, 2.05) is 47.4 Å². The van der Waals surface area contributed by atoms with Gasteiger partial charge in [0.2, 0.25) is 0 Å². The average Bonchev–Trinajstić information content (AvgIpc) is 2.64. The van der Waals surface area contributed by atoms with Gasteiger partial charge in [0.25, 0.3) is 5.91 Å². The van der Waals surface area contributed by atoms with Crippen molar-refractivity contribution >= 4 is 17.5 Å². The van der Waals surface area contributed by atoms with E-state index >= 15 is 0 Å². The van der Waals surface area contributed by atoms with Crippen molar-refractivity contribution in [2.75, 3.05) is 20.2 Å². The summed E-state index contributed by atoms with van der Waals surface area (Å²) in [6.07, 6.45) is 1.76. The lowest BCUT2D eigenvalue weighted by atomic mass is 10.1. The van der Waals surface area contributed by atoms with E-state index in [1.165, 1.54) is 0 Å². The Bertz CT molecular complexity index is 694. The molecule has 0 spiro atoms. The first-order valence-electron chi connectivity index (χ1n) is 8.01. The minimum absolute atomic E-state index is 0.0406. The number of benzene rings is 2. The highest BCUT2D eigenvalue weighted by Crippen LogP contribution is 2.22. The quantitative estimate of drug-likeness (QED) is 0.839. The molecule has 126 valence electrons. The van der Waals surface area contributed by atoms with Crippen molar-refractivity contribution in [2.24, 2.45) is 0 Å². The van der Waals surface area contributed by atoms with Gasteiger partial charge >= 0.3 is 0 Å². The molecule has 5 heteroatoms. The second-order valence-electron chi connectivity index (χ2n) is 5.80. The van der Waals surface area contributed by atoms with Gasteiger partial charge in [0.15, 0.2) is 0 Å². The van der Waals surface area contributed by atoms with E-state index in [4.69, 9.17) is 21.1 Å². The van der Waals surface area contributed by atoms with Crippen molar-refractivity contribution in [1.82, 2.24) is 4.90 Å². The van der Waals surface area contributed by atoms with E-state index in [2.05, 4.69) is 0 Å². The molecule has 0 aliphatic carbocycles. The zero-order valence-corrected chi connectivity index (χ0v) is 14.3. The first kappa shape index (κ1) is 16.7. The zero-order chi connectivity index (χ0) is 16.9. The van der Waals surface area contributed by atoms with E-state index < -0.39 is 0 Å². The van der Waals surface area contributed by atoms with Gasteiger partial charge in [-0.25, -0.2) is 0 Å². The second-order valence-corrected chi connectivity index (χ2v) is 6.23. The Hall–Kier alpha value is -2.20. The van der Waals surface area contributed by atoms with Gasteiger partial charge in [0.1, 0.15) is 17.6 Å². The third-order valence-corrected chi connectivity index (χ3v) is 4.41. The van der Waals surface area contributed by atoms with Crippen LogP contribution in [0.3, 0.4) is 0 Å². The highest BCUT2D eigenvalue weighted by Gasteiger charge is 2.24. The van der Waals surface area contributed by atoms with Gasteiger partial charge in [-0.05, 0) is 42.5 Å². The summed E-state index contributed by atoms with van der Waals surface area (Å²) in [6.45, 7) is 1.38. The van der Waals surface area contributed by atoms with Gasteiger partial charge in [-0.1, -0.05) is 17.7 Å². The summed E-state index contributed by atoms with van der Waals surface area (Å²) >= 11 is 5.88. The van der Waals surface area contributed by atoms with E-state index in [0.29, 0.717) is 29.4 Å². The van der Waals surface area contributed by atoms with Crippen molar-refractivity contribution in [3.63, 3.8) is 0 Å². The van der Waals surface area contributed by atoms with Crippen LogP contribution in [-0.4, -0.2) is 37.1 Å². The SMILES string of the molecule is COc1cccc(C(=O)N2CCC(Oc3ccc(Cl)cc3)CC2)c1. The number of likely N-dealkylation sites (tertiary alicyclic amines) is 1. The number of methoxy groups -OCH3 is 1. The highest BCUT2D eigenvalue weighted by atomic mass is 35.5. The van der Waals surface area contributed by atoms with Gasteiger partial charge < -0.3 is 14.4 Å². The Morgan fingerprint density at radius 1 is 1.08 bits per heavy atom. The van der Waals surface area contributed by atoms with E-state index in [-0.39, 0.29) is 12.0 Å². The van der Waals surface area contributed by atoms with Gasteiger partial charge in [-0.3, -0.25) is 4.79 Å². The summed E-state index contributed by atoms with van der Waals surface area (Å²) in [5.41, 5.74) is 0.659. The number of rotatable bonds is 4. The molecule has 0 aromatic heterocycles. The van der Waals surface area contributed by atoms with Crippen molar-refractivity contribution < 1.29 is 14.3 Å². The van der Waals surface area contributed by atoms with Crippen LogP contribution < -0.4 is 9.47 Å². The van der Waals surface area contributed by atoms with Crippen molar-refractivity contribution in [3.05, 3.63) is 59.1 Å². The molecule has 1 fully saturated rings. The maximum absolute atomic E-state index is 12.6. The Kier molecular flexibility index (Phi) is 5.26. The minimum atomic E-state index is 0.0406. The van der Waals surface area contributed by atoms with Crippen LogP contribution in [0.4, 0.5) is 0 Å². The van der Waals surface area contributed by atoms with Crippen molar-refractivity contribution in [3.8, 4) is 11.5 Å². The molecule has 1 aliphatic heterocycles. The van der Waals surface area contributed by atoms with Crippen molar-refractivity contribution in [1.29, 1.82) is 0 Å². The number of carbonyl (C=O) groups excluding carboxylic acids is 1. The molecule has 1 aliphatic rings. The van der Waals surface area contributed by atoms with Crippen LogP contribution in [0.15, 0.2) is 48.5 Å². The van der Waals surface area contributed by atoms with Crippen molar-refractivity contribution in [2.45, 2.75) is 18.9 Å². The number of nitrogens with zero attached hydrogens (tertiary/aromatic N) is 1. The summed E-state index contributed by atoms with van der Waals surface area (Å²) in [7, 11) is 1.60. The number of piperidine rings is 1. The zero-order valence-electron chi connectivity index (χ0n) is 13.6. The molecular weight excluding hydrogens is 326 g/mol. The van der Waals surface area contributed by atoms with Crippen LogP contribution in [0.25, 0.3) is 0 Å². The fourth-order valence-electron chi connectivity index (χ4n) is 2.82. The van der Waals surface area contributed by atoms with Crippen LogP contribution in [0.1, 0.15) is 23.2 Å². The monoisotopic (exact) mass is 345 g/mol. The van der Waals surface area contributed by atoms with E-state index in [0.717, 1.165) is 18.6 Å². The lowest BCUT2D eigenvalue weighted by Crippen LogP contribution is -2.41. The Morgan fingerprint density at radius 2 is 1.79 bits per heavy atom. The summed E-state index contributed by atoms with van der Waals surface area (Å²) in [5.74, 6) is 1.55. The largest absolute Gasteiger partial charge is 0.497 e. The van der Waals surface area contributed by atoms with Gasteiger partial charge in [0, 0.05) is 36.5 Å². The molecule has 1 saturated heterocycles. The predicted molar refractivity (Wildman–Crippen MR) is 94.0 cm³/mol. The van der Waals surface area contributed by atoms with Crippen LogP contribution >= 0.6 is 11.6 Å². The third-order valence-electron chi connectivity index (χ3n) is 4.16. The van der Waals surface area contributed by atoms with Crippen LogP contribution in [0.2, 0.25) is 5.02 Å². The summed E-state index contributed by atoms with van der Waals surface area (Å²) in [4.78, 5) is 14.5. The number of hydrogen-bond donors (Lipinski definition) is 0. The van der Waals surface area contributed by atoms with E-state index in [1.54, 1.807) is 13.2 Å². The summed E-state index contributed by atoms with van der Waals surface area (Å²) in [5, 5.41) is 0.695. The molecule has 0 radical (unpaired) electrons. The summed E-state index contributed by atoms with van der Waals surface area (Å²) in [6, 6.07) is 14.6. The minimum Gasteiger partial charge on any atom is -0.497 e. The highest BCUT2D eigenvalue weighted by molar-refractivity contribution is 6.30. The molecule has 0 saturated carbocycles. The number of ether oxygens (including phenoxy) is 2. The normalized spacial score (nSPS) is 15.2. The molecule has 3 rings (SSSR count).